The van der Waals surface area contributed by atoms with Gasteiger partial charge in [-0.15, -0.1) is 0 Å². The van der Waals surface area contributed by atoms with Crippen molar-refractivity contribution in [3.8, 4) is 0 Å². The quantitative estimate of drug-likeness (QED) is 0.732. The third-order valence-electron chi connectivity index (χ3n) is 4.54. The van der Waals surface area contributed by atoms with Crippen LogP contribution in [0.25, 0.3) is 21.9 Å². The molecule has 4 nitrogen and oxygen atoms in total. The Kier molecular flexibility index (Phi) is 3.51. The second-order valence-corrected chi connectivity index (χ2v) is 6.42. The van der Waals surface area contributed by atoms with Crippen molar-refractivity contribution in [2.75, 3.05) is 24.6 Å². The van der Waals surface area contributed by atoms with Gasteiger partial charge in [0.25, 0.3) is 0 Å². The van der Waals surface area contributed by atoms with Gasteiger partial charge in [0.15, 0.2) is 5.58 Å². The zero-order valence-corrected chi connectivity index (χ0v) is 13.2. The molecule has 1 fully saturated rings. The molecule has 118 valence electrons. The molecule has 23 heavy (non-hydrogen) atoms. The summed E-state index contributed by atoms with van der Waals surface area (Å²) in [6.45, 7) is 1.93. The van der Waals surface area contributed by atoms with Crippen LogP contribution in [0.2, 0.25) is 5.02 Å². The maximum atomic E-state index is 12.6. The molecule has 0 spiro atoms. The second-order valence-electron chi connectivity index (χ2n) is 6.01. The summed E-state index contributed by atoms with van der Waals surface area (Å²) in [5.74, 6) is 0.309. The standard InChI is InChI=1S/C18H16ClNO3/c19-15-3-1-2-14-17(22)13-5-4-12(8-16(13)23-18(14)15)20-7-6-11(9-20)10-21/h1-5,8,11,21H,6-7,9-10H2/t11-/m0/s1. The molecule has 0 amide bonds. The predicted octanol–water partition coefficient (Wildman–Crippen LogP) is 3.42. The fourth-order valence-corrected chi connectivity index (χ4v) is 3.46. The van der Waals surface area contributed by atoms with E-state index in [4.69, 9.17) is 16.0 Å². The van der Waals surface area contributed by atoms with Crippen LogP contribution in [0, 0.1) is 5.92 Å². The van der Waals surface area contributed by atoms with Crippen LogP contribution in [0.3, 0.4) is 0 Å². The molecule has 0 aliphatic carbocycles. The summed E-state index contributed by atoms with van der Waals surface area (Å²) >= 11 is 6.16. The van der Waals surface area contributed by atoms with Gasteiger partial charge < -0.3 is 14.4 Å². The largest absolute Gasteiger partial charge is 0.454 e. The van der Waals surface area contributed by atoms with Crippen molar-refractivity contribution in [2.24, 2.45) is 5.92 Å². The molecule has 5 heteroatoms. The fraction of sp³-hybridized carbons (Fsp3) is 0.278. The topological polar surface area (TPSA) is 53.7 Å². The molecule has 1 aliphatic heterocycles. The summed E-state index contributed by atoms with van der Waals surface area (Å²) in [6.07, 6.45) is 0.974. The van der Waals surface area contributed by atoms with Gasteiger partial charge in [0, 0.05) is 37.4 Å². The first-order chi connectivity index (χ1) is 11.2. The highest BCUT2D eigenvalue weighted by Gasteiger charge is 2.22. The Hall–Kier alpha value is -2.04. The van der Waals surface area contributed by atoms with E-state index in [0.717, 1.165) is 25.2 Å². The van der Waals surface area contributed by atoms with Crippen molar-refractivity contribution in [3.63, 3.8) is 0 Å². The molecular formula is C18H16ClNO3. The highest BCUT2D eigenvalue weighted by Crippen LogP contribution is 2.29. The van der Waals surface area contributed by atoms with Gasteiger partial charge in [0.2, 0.25) is 5.43 Å². The van der Waals surface area contributed by atoms with Crippen molar-refractivity contribution in [2.45, 2.75) is 6.42 Å². The fourth-order valence-electron chi connectivity index (χ4n) is 3.24. The van der Waals surface area contributed by atoms with Gasteiger partial charge >= 0.3 is 0 Å². The summed E-state index contributed by atoms with van der Waals surface area (Å²) < 4.78 is 5.90. The lowest BCUT2D eigenvalue weighted by Crippen LogP contribution is -2.20. The van der Waals surface area contributed by atoms with Crippen LogP contribution in [0.1, 0.15) is 6.42 Å². The Morgan fingerprint density at radius 3 is 2.91 bits per heavy atom. The third kappa shape index (κ3) is 2.38. The number of halogens is 1. The van der Waals surface area contributed by atoms with Gasteiger partial charge in [0.1, 0.15) is 5.58 Å². The molecule has 3 aromatic rings. The minimum Gasteiger partial charge on any atom is -0.454 e. The summed E-state index contributed by atoms with van der Waals surface area (Å²) in [4.78, 5) is 14.8. The van der Waals surface area contributed by atoms with Crippen molar-refractivity contribution >= 4 is 39.2 Å². The number of benzene rings is 2. The van der Waals surface area contributed by atoms with Crippen molar-refractivity contribution in [3.05, 3.63) is 51.6 Å². The van der Waals surface area contributed by atoms with E-state index in [2.05, 4.69) is 4.90 Å². The number of hydrogen-bond acceptors (Lipinski definition) is 4. The number of aliphatic hydroxyl groups is 1. The van der Waals surface area contributed by atoms with E-state index in [1.54, 1.807) is 18.2 Å². The maximum Gasteiger partial charge on any atom is 0.200 e. The molecule has 4 rings (SSSR count). The Bertz CT molecular complexity index is 950. The van der Waals surface area contributed by atoms with Crippen LogP contribution in [0.5, 0.6) is 0 Å². The first kappa shape index (κ1) is 14.5. The molecule has 2 aromatic carbocycles. The molecule has 0 saturated carbocycles. The van der Waals surface area contributed by atoms with E-state index in [-0.39, 0.29) is 12.0 Å². The highest BCUT2D eigenvalue weighted by atomic mass is 35.5. The Morgan fingerprint density at radius 1 is 1.26 bits per heavy atom. The van der Waals surface area contributed by atoms with Crippen LogP contribution in [0.4, 0.5) is 5.69 Å². The number of nitrogens with zero attached hydrogens (tertiary/aromatic N) is 1. The third-order valence-corrected chi connectivity index (χ3v) is 4.84. The number of anilines is 1. The SMILES string of the molecule is O=c1c2ccc(N3CC[C@H](CO)C3)cc2oc2c(Cl)cccc12. The number of para-hydroxylation sites is 1. The number of rotatable bonds is 2. The zero-order valence-electron chi connectivity index (χ0n) is 12.5. The summed E-state index contributed by atoms with van der Waals surface area (Å²) in [5, 5.41) is 10.8. The lowest BCUT2D eigenvalue weighted by atomic mass is 10.1. The molecule has 1 aromatic heterocycles. The van der Waals surface area contributed by atoms with Crippen LogP contribution in [-0.4, -0.2) is 24.8 Å². The molecular weight excluding hydrogens is 314 g/mol. The lowest BCUT2D eigenvalue weighted by molar-refractivity contribution is 0.238. The molecule has 2 heterocycles. The molecule has 0 unspecified atom stereocenters. The smallest absolute Gasteiger partial charge is 0.200 e. The van der Waals surface area contributed by atoms with E-state index in [0.29, 0.717) is 32.9 Å². The molecule has 1 N–H and O–H groups in total. The van der Waals surface area contributed by atoms with E-state index >= 15 is 0 Å². The van der Waals surface area contributed by atoms with E-state index in [9.17, 15) is 9.90 Å². The average molecular weight is 330 g/mol. The van der Waals surface area contributed by atoms with Crippen LogP contribution >= 0.6 is 11.6 Å². The Morgan fingerprint density at radius 2 is 2.13 bits per heavy atom. The number of fused-ring (bicyclic) bond motifs is 2. The van der Waals surface area contributed by atoms with Gasteiger partial charge in [-0.25, -0.2) is 0 Å². The summed E-state index contributed by atoms with van der Waals surface area (Å²) in [7, 11) is 0. The molecule has 0 radical (unpaired) electrons. The maximum absolute atomic E-state index is 12.6. The van der Waals surface area contributed by atoms with E-state index in [1.165, 1.54) is 0 Å². The van der Waals surface area contributed by atoms with E-state index in [1.807, 2.05) is 18.2 Å². The summed E-state index contributed by atoms with van der Waals surface area (Å²) in [6, 6.07) is 10.8. The van der Waals surface area contributed by atoms with Gasteiger partial charge in [0.05, 0.1) is 15.8 Å². The van der Waals surface area contributed by atoms with Crippen LogP contribution in [-0.2, 0) is 0 Å². The van der Waals surface area contributed by atoms with Crippen molar-refractivity contribution in [1.82, 2.24) is 0 Å². The van der Waals surface area contributed by atoms with Gasteiger partial charge in [-0.2, -0.15) is 0 Å². The average Bonchev–Trinajstić information content (AvgIpc) is 3.05. The Labute approximate surface area is 137 Å². The molecule has 1 atom stereocenters. The first-order valence-electron chi connectivity index (χ1n) is 7.68. The zero-order chi connectivity index (χ0) is 16.0. The van der Waals surface area contributed by atoms with Gasteiger partial charge in [-0.05, 0) is 30.7 Å². The number of aliphatic hydroxyl groups excluding tert-OH is 1. The van der Waals surface area contributed by atoms with Gasteiger partial charge in [-0.1, -0.05) is 17.7 Å². The minimum atomic E-state index is -0.0649. The second kappa shape index (κ2) is 5.55. The summed E-state index contributed by atoms with van der Waals surface area (Å²) in [5.41, 5.74) is 1.91. The van der Waals surface area contributed by atoms with Crippen molar-refractivity contribution < 1.29 is 9.52 Å². The minimum absolute atomic E-state index is 0.0649. The number of hydrogen-bond donors (Lipinski definition) is 1. The highest BCUT2D eigenvalue weighted by molar-refractivity contribution is 6.34. The van der Waals surface area contributed by atoms with Crippen LogP contribution in [0.15, 0.2) is 45.6 Å². The lowest BCUT2D eigenvalue weighted by Gasteiger charge is -2.18. The van der Waals surface area contributed by atoms with Crippen LogP contribution < -0.4 is 10.3 Å². The Balaban J connectivity index is 1.87. The normalized spacial score (nSPS) is 18.2. The predicted molar refractivity (Wildman–Crippen MR) is 92.4 cm³/mol. The van der Waals surface area contributed by atoms with E-state index < -0.39 is 0 Å². The molecule has 1 saturated heterocycles. The molecule has 1 aliphatic rings. The monoisotopic (exact) mass is 329 g/mol. The van der Waals surface area contributed by atoms with Gasteiger partial charge in [-0.3, -0.25) is 4.79 Å². The first-order valence-corrected chi connectivity index (χ1v) is 8.06. The van der Waals surface area contributed by atoms with Crippen molar-refractivity contribution in [1.29, 1.82) is 0 Å². The molecule has 0 bridgehead atoms.